The van der Waals surface area contributed by atoms with Crippen LogP contribution in [0.3, 0.4) is 0 Å². The summed E-state index contributed by atoms with van der Waals surface area (Å²) in [5.74, 6) is 0.594. The number of methoxy groups -OCH3 is 1. The quantitative estimate of drug-likeness (QED) is 0.715. The van der Waals surface area contributed by atoms with E-state index in [0.717, 1.165) is 28.0 Å². The molecular weight excluding hydrogens is 354 g/mol. The average molecular weight is 379 g/mol. The van der Waals surface area contributed by atoms with Crippen LogP contribution in [0, 0.1) is 20.8 Å². The number of amides is 1. The average Bonchev–Trinajstić information content (AvgIpc) is 2.67. The Labute approximate surface area is 164 Å². The zero-order chi connectivity index (χ0) is 20.3. The Hall–Kier alpha value is -3.15. The molecule has 1 N–H and O–H groups in total. The third-order valence-electron chi connectivity index (χ3n) is 4.94. The van der Waals surface area contributed by atoms with E-state index in [9.17, 15) is 9.59 Å². The lowest BCUT2D eigenvalue weighted by molar-refractivity contribution is -0.121. The van der Waals surface area contributed by atoms with Gasteiger partial charge >= 0.3 is 0 Å². The van der Waals surface area contributed by atoms with Crippen molar-refractivity contribution in [2.45, 2.75) is 33.7 Å². The van der Waals surface area contributed by atoms with Gasteiger partial charge in [-0.3, -0.25) is 14.2 Å². The fourth-order valence-electron chi connectivity index (χ4n) is 3.23. The summed E-state index contributed by atoms with van der Waals surface area (Å²) < 4.78 is 6.83. The van der Waals surface area contributed by atoms with Crippen molar-refractivity contribution in [2.75, 3.05) is 13.7 Å². The van der Waals surface area contributed by atoms with E-state index in [-0.39, 0.29) is 18.0 Å². The summed E-state index contributed by atoms with van der Waals surface area (Å²) in [6.45, 7) is 6.09. The number of nitrogens with one attached hydrogen (secondary N) is 1. The zero-order valence-corrected chi connectivity index (χ0v) is 16.7. The summed E-state index contributed by atoms with van der Waals surface area (Å²) in [5.41, 5.74) is 4.74. The molecule has 0 saturated carbocycles. The number of aromatic nitrogens is 2. The number of nitrogens with zero attached hydrogens (tertiary/aromatic N) is 2. The van der Waals surface area contributed by atoms with Gasteiger partial charge in [-0.05, 0) is 62.1 Å². The molecule has 0 radical (unpaired) electrons. The van der Waals surface area contributed by atoms with E-state index in [1.165, 1.54) is 4.57 Å². The second-order valence-corrected chi connectivity index (χ2v) is 6.93. The van der Waals surface area contributed by atoms with E-state index in [0.29, 0.717) is 24.2 Å². The van der Waals surface area contributed by atoms with E-state index in [2.05, 4.69) is 10.3 Å². The minimum atomic E-state index is -0.240. The molecule has 0 saturated heterocycles. The van der Waals surface area contributed by atoms with Crippen LogP contribution < -0.4 is 15.6 Å². The van der Waals surface area contributed by atoms with Crippen molar-refractivity contribution >= 4 is 16.9 Å². The van der Waals surface area contributed by atoms with Crippen LogP contribution in [0.15, 0.2) is 41.2 Å². The van der Waals surface area contributed by atoms with E-state index in [1.54, 1.807) is 14.0 Å². The topological polar surface area (TPSA) is 73.2 Å². The van der Waals surface area contributed by atoms with Crippen LogP contribution in [0.5, 0.6) is 5.75 Å². The Morgan fingerprint density at radius 3 is 2.61 bits per heavy atom. The molecule has 0 atom stereocenters. The summed E-state index contributed by atoms with van der Waals surface area (Å²) in [4.78, 5) is 29.5. The van der Waals surface area contributed by atoms with Gasteiger partial charge in [0.25, 0.3) is 5.56 Å². The molecule has 28 heavy (non-hydrogen) atoms. The van der Waals surface area contributed by atoms with E-state index < -0.39 is 0 Å². The van der Waals surface area contributed by atoms with Gasteiger partial charge in [0.2, 0.25) is 5.91 Å². The van der Waals surface area contributed by atoms with Crippen LogP contribution in [0.4, 0.5) is 0 Å². The van der Waals surface area contributed by atoms with Gasteiger partial charge in [0.1, 0.15) is 18.0 Å². The third kappa shape index (κ3) is 4.06. The van der Waals surface area contributed by atoms with Gasteiger partial charge in [-0.1, -0.05) is 18.2 Å². The number of hydrogen-bond donors (Lipinski definition) is 1. The van der Waals surface area contributed by atoms with Crippen LogP contribution in [0.25, 0.3) is 11.0 Å². The van der Waals surface area contributed by atoms with Crippen molar-refractivity contribution in [3.8, 4) is 5.75 Å². The first-order valence-electron chi connectivity index (χ1n) is 9.27. The number of fused-ring (bicyclic) bond motifs is 1. The van der Waals surface area contributed by atoms with Gasteiger partial charge in [-0.2, -0.15) is 0 Å². The van der Waals surface area contributed by atoms with Crippen molar-refractivity contribution in [3.05, 3.63) is 69.1 Å². The molecule has 6 heteroatoms. The molecule has 1 heterocycles. The van der Waals surface area contributed by atoms with Crippen molar-refractivity contribution in [1.82, 2.24) is 14.9 Å². The van der Waals surface area contributed by atoms with E-state index in [4.69, 9.17) is 4.74 Å². The maximum atomic E-state index is 12.6. The first-order chi connectivity index (χ1) is 13.4. The molecule has 0 aliphatic carbocycles. The first kappa shape index (κ1) is 19.6. The SMILES string of the molecule is COc1ccccc1CCNC(=O)Cn1c(=O)c(C)nc2cc(C)c(C)cc21. The Bertz CT molecular complexity index is 1090. The summed E-state index contributed by atoms with van der Waals surface area (Å²) >= 11 is 0. The van der Waals surface area contributed by atoms with E-state index >= 15 is 0 Å². The Morgan fingerprint density at radius 2 is 1.86 bits per heavy atom. The molecule has 146 valence electrons. The molecule has 3 aromatic rings. The summed E-state index contributed by atoms with van der Waals surface area (Å²) in [6, 6.07) is 11.6. The Kier molecular flexibility index (Phi) is 5.78. The lowest BCUT2D eigenvalue weighted by atomic mass is 10.1. The van der Waals surface area contributed by atoms with Gasteiger partial charge in [0, 0.05) is 6.54 Å². The number of ether oxygens (including phenoxy) is 1. The number of carbonyl (C=O) groups is 1. The minimum Gasteiger partial charge on any atom is -0.496 e. The van der Waals surface area contributed by atoms with Gasteiger partial charge < -0.3 is 10.1 Å². The summed E-state index contributed by atoms with van der Waals surface area (Å²) in [5, 5.41) is 2.89. The minimum absolute atomic E-state index is 0.0346. The van der Waals surface area contributed by atoms with Gasteiger partial charge in [0.15, 0.2) is 0 Å². The fraction of sp³-hybridized carbons (Fsp3) is 0.318. The number of hydrogen-bond acceptors (Lipinski definition) is 4. The van der Waals surface area contributed by atoms with Crippen molar-refractivity contribution in [3.63, 3.8) is 0 Å². The standard InChI is InChI=1S/C22H25N3O3/c1-14-11-18-19(12-15(14)2)25(22(27)16(3)24-18)13-21(26)23-10-9-17-7-5-6-8-20(17)28-4/h5-8,11-12H,9-10,13H2,1-4H3,(H,23,26). The molecule has 1 amide bonds. The highest BCUT2D eigenvalue weighted by Crippen LogP contribution is 2.18. The largest absolute Gasteiger partial charge is 0.496 e. The lowest BCUT2D eigenvalue weighted by Crippen LogP contribution is -2.34. The zero-order valence-electron chi connectivity index (χ0n) is 16.7. The second-order valence-electron chi connectivity index (χ2n) is 6.93. The van der Waals surface area contributed by atoms with Crippen LogP contribution in [-0.4, -0.2) is 29.1 Å². The molecule has 0 unspecified atom stereocenters. The third-order valence-corrected chi connectivity index (χ3v) is 4.94. The summed E-state index contributed by atoms with van der Waals surface area (Å²) in [7, 11) is 1.63. The monoisotopic (exact) mass is 379 g/mol. The molecule has 0 spiro atoms. The highest BCUT2D eigenvalue weighted by atomic mass is 16.5. The van der Waals surface area contributed by atoms with Crippen molar-refractivity contribution in [1.29, 1.82) is 0 Å². The number of benzene rings is 2. The maximum absolute atomic E-state index is 12.6. The molecule has 1 aromatic heterocycles. The van der Waals surface area contributed by atoms with Crippen LogP contribution >= 0.6 is 0 Å². The Morgan fingerprint density at radius 1 is 1.14 bits per heavy atom. The highest BCUT2D eigenvalue weighted by molar-refractivity contribution is 5.81. The molecular formula is C22H25N3O3. The second kappa shape index (κ2) is 8.25. The maximum Gasteiger partial charge on any atom is 0.272 e. The molecule has 0 fully saturated rings. The smallest absolute Gasteiger partial charge is 0.272 e. The normalized spacial score (nSPS) is 10.9. The van der Waals surface area contributed by atoms with Crippen molar-refractivity contribution < 1.29 is 9.53 Å². The van der Waals surface area contributed by atoms with Gasteiger partial charge in [-0.15, -0.1) is 0 Å². The number of para-hydroxylation sites is 1. The van der Waals surface area contributed by atoms with E-state index in [1.807, 2.05) is 50.2 Å². The summed E-state index contributed by atoms with van der Waals surface area (Å²) in [6.07, 6.45) is 0.652. The predicted molar refractivity (Wildman–Crippen MR) is 110 cm³/mol. The van der Waals surface area contributed by atoms with Gasteiger partial charge in [0.05, 0.1) is 18.1 Å². The van der Waals surface area contributed by atoms with Gasteiger partial charge in [-0.25, -0.2) is 4.98 Å². The first-order valence-corrected chi connectivity index (χ1v) is 9.27. The molecule has 2 aromatic carbocycles. The molecule has 0 aliphatic rings. The number of aryl methyl sites for hydroxylation is 3. The van der Waals surface area contributed by atoms with Crippen LogP contribution in [-0.2, 0) is 17.8 Å². The lowest BCUT2D eigenvalue weighted by Gasteiger charge is -2.13. The van der Waals surface area contributed by atoms with Crippen LogP contribution in [0.2, 0.25) is 0 Å². The molecule has 0 aliphatic heterocycles. The fourth-order valence-corrected chi connectivity index (χ4v) is 3.23. The number of carbonyl (C=O) groups excluding carboxylic acids is 1. The van der Waals surface area contributed by atoms with Crippen molar-refractivity contribution in [2.24, 2.45) is 0 Å². The molecule has 6 nitrogen and oxygen atoms in total. The predicted octanol–water partition coefficient (Wildman–Crippen LogP) is 2.69. The van der Waals surface area contributed by atoms with Crippen LogP contribution in [0.1, 0.15) is 22.4 Å². The molecule has 0 bridgehead atoms. The number of rotatable bonds is 6. The highest BCUT2D eigenvalue weighted by Gasteiger charge is 2.13. The molecule has 3 rings (SSSR count). The Balaban J connectivity index is 1.77.